The molecule has 27 heavy (non-hydrogen) atoms. The summed E-state index contributed by atoms with van der Waals surface area (Å²) in [6.07, 6.45) is 7.90. The van der Waals surface area contributed by atoms with E-state index in [1.165, 1.54) is 25.7 Å². The number of hydrogen-bond acceptors (Lipinski definition) is 6. The molecule has 1 N–H and O–H groups in total. The largest absolute Gasteiger partial charge is 0.493 e. The van der Waals surface area contributed by atoms with Crippen LogP contribution in [0, 0.1) is 6.92 Å². The second-order valence-electron chi connectivity index (χ2n) is 7.32. The van der Waals surface area contributed by atoms with Crippen molar-refractivity contribution in [3.8, 4) is 11.5 Å². The molecule has 1 aromatic heterocycles. The lowest BCUT2D eigenvalue weighted by atomic mass is 9.89. The van der Waals surface area contributed by atoms with Gasteiger partial charge in [0.2, 0.25) is 5.89 Å². The maximum atomic E-state index is 5.76. The summed E-state index contributed by atoms with van der Waals surface area (Å²) < 4.78 is 16.6. The van der Waals surface area contributed by atoms with Crippen LogP contribution in [0.5, 0.6) is 11.5 Å². The second kappa shape index (κ2) is 9.22. The first-order chi connectivity index (χ1) is 13.2. The highest BCUT2D eigenvalue weighted by molar-refractivity contribution is 5.43. The van der Waals surface area contributed by atoms with Gasteiger partial charge in [0.25, 0.3) is 0 Å². The van der Waals surface area contributed by atoms with Crippen LogP contribution in [0.1, 0.15) is 69.1 Å². The van der Waals surface area contributed by atoms with E-state index in [0.717, 1.165) is 48.7 Å². The molecule has 0 radical (unpaired) electrons. The summed E-state index contributed by atoms with van der Waals surface area (Å²) in [6, 6.07) is 6.13. The number of ether oxygens (including phenoxy) is 2. The third-order valence-corrected chi connectivity index (χ3v) is 5.23. The molecule has 0 aliphatic heterocycles. The summed E-state index contributed by atoms with van der Waals surface area (Å²) in [6.45, 7) is 5.35. The number of hydrogen-bond donors (Lipinski definition) is 1. The van der Waals surface area contributed by atoms with Crippen LogP contribution in [0.15, 0.2) is 22.7 Å². The summed E-state index contributed by atoms with van der Waals surface area (Å²) in [4.78, 5) is 4.56. The van der Waals surface area contributed by atoms with Crippen molar-refractivity contribution in [2.45, 2.75) is 70.9 Å². The van der Waals surface area contributed by atoms with Crippen molar-refractivity contribution in [3.05, 3.63) is 35.5 Å². The maximum Gasteiger partial charge on any atom is 0.223 e. The fourth-order valence-corrected chi connectivity index (χ4v) is 3.73. The summed E-state index contributed by atoms with van der Waals surface area (Å²) >= 11 is 0. The zero-order valence-electron chi connectivity index (χ0n) is 16.7. The summed E-state index contributed by atoms with van der Waals surface area (Å²) in [5.74, 6) is 2.97. The number of aryl methyl sites for hydroxylation is 1. The average Bonchev–Trinajstić information content (AvgIpc) is 2.99. The Bertz CT molecular complexity index is 721. The first-order valence-corrected chi connectivity index (χ1v) is 10.0. The number of nitrogens with zero attached hydrogens (tertiary/aromatic N) is 2. The Morgan fingerprint density at radius 3 is 2.56 bits per heavy atom. The van der Waals surface area contributed by atoms with Gasteiger partial charge in [0.05, 0.1) is 19.3 Å². The van der Waals surface area contributed by atoms with E-state index >= 15 is 0 Å². The molecule has 6 nitrogen and oxygen atoms in total. The number of nitrogens with one attached hydrogen (secondary N) is 1. The molecule has 1 saturated carbocycles. The first-order valence-electron chi connectivity index (χ1n) is 10.0. The lowest BCUT2D eigenvalue weighted by Gasteiger charge is -2.31. The van der Waals surface area contributed by atoms with Gasteiger partial charge in [-0.05, 0) is 37.0 Å². The zero-order chi connectivity index (χ0) is 19.1. The zero-order valence-corrected chi connectivity index (χ0v) is 16.7. The second-order valence-corrected chi connectivity index (χ2v) is 7.32. The minimum Gasteiger partial charge on any atom is -0.493 e. The number of methoxy groups -OCH3 is 1. The molecule has 0 bridgehead atoms. The van der Waals surface area contributed by atoms with E-state index in [9.17, 15) is 0 Å². The minimum absolute atomic E-state index is 0.223. The minimum atomic E-state index is -0.223. The van der Waals surface area contributed by atoms with Crippen molar-refractivity contribution in [3.63, 3.8) is 0 Å². The summed E-state index contributed by atoms with van der Waals surface area (Å²) in [7, 11) is 1.68. The fourth-order valence-electron chi connectivity index (χ4n) is 3.73. The molecule has 2 aromatic rings. The van der Waals surface area contributed by atoms with E-state index < -0.39 is 0 Å². The van der Waals surface area contributed by atoms with Gasteiger partial charge in [0, 0.05) is 13.5 Å². The van der Waals surface area contributed by atoms with Crippen LogP contribution in [0.2, 0.25) is 0 Å². The SMILES string of the molecule is CCCOc1ccc(CNC2(c3noc(C)n3)CCCCCC2)cc1OC. The van der Waals surface area contributed by atoms with Crippen LogP contribution >= 0.6 is 0 Å². The van der Waals surface area contributed by atoms with Gasteiger partial charge in [0.15, 0.2) is 17.3 Å². The highest BCUT2D eigenvalue weighted by atomic mass is 16.5. The normalized spacial score (nSPS) is 16.7. The number of rotatable bonds is 8. The van der Waals surface area contributed by atoms with Gasteiger partial charge in [-0.2, -0.15) is 4.98 Å². The Morgan fingerprint density at radius 1 is 1.15 bits per heavy atom. The van der Waals surface area contributed by atoms with Gasteiger partial charge in [-0.25, -0.2) is 0 Å². The van der Waals surface area contributed by atoms with Gasteiger partial charge in [-0.3, -0.25) is 0 Å². The maximum absolute atomic E-state index is 5.76. The predicted octanol–water partition coefficient (Wildman–Crippen LogP) is 4.51. The molecule has 0 amide bonds. The molecule has 6 heteroatoms. The molecule has 1 aliphatic rings. The molecule has 0 atom stereocenters. The van der Waals surface area contributed by atoms with Gasteiger partial charge < -0.3 is 19.3 Å². The number of benzene rings is 1. The monoisotopic (exact) mass is 373 g/mol. The topological polar surface area (TPSA) is 69.4 Å². The van der Waals surface area contributed by atoms with Crippen LogP contribution in [-0.2, 0) is 12.1 Å². The highest BCUT2D eigenvalue weighted by Crippen LogP contribution is 2.35. The van der Waals surface area contributed by atoms with Crippen molar-refractivity contribution < 1.29 is 14.0 Å². The number of aromatic nitrogens is 2. The average molecular weight is 373 g/mol. The molecule has 1 aromatic carbocycles. The van der Waals surface area contributed by atoms with Crippen molar-refractivity contribution in [1.29, 1.82) is 0 Å². The van der Waals surface area contributed by atoms with Crippen molar-refractivity contribution in [1.82, 2.24) is 15.5 Å². The molecular weight excluding hydrogens is 342 g/mol. The van der Waals surface area contributed by atoms with Crippen LogP contribution in [-0.4, -0.2) is 23.9 Å². The molecule has 0 saturated heterocycles. The molecule has 1 aliphatic carbocycles. The molecule has 0 spiro atoms. The summed E-state index contributed by atoms with van der Waals surface area (Å²) in [5.41, 5.74) is 0.929. The lowest BCUT2D eigenvalue weighted by Crippen LogP contribution is -2.42. The van der Waals surface area contributed by atoms with Crippen LogP contribution < -0.4 is 14.8 Å². The Labute approximate surface area is 161 Å². The standard InChI is InChI=1S/C21H31N3O3/c1-4-13-26-18-10-9-17(14-19(18)25-3)15-22-21(11-7-5-6-8-12-21)20-23-16(2)27-24-20/h9-10,14,22H,4-8,11-13,15H2,1-3H3. The lowest BCUT2D eigenvalue weighted by molar-refractivity contribution is 0.257. The Kier molecular flexibility index (Phi) is 6.72. The third-order valence-electron chi connectivity index (χ3n) is 5.23. The molecule has 0 unspecified atom stereocenters. The van der Waals surface area contributed by atoms with E-state index in [1.54, 1.807) is 7.11 Å². The van der Waals surface area contributed by atoms with Crippen LogP contribution in [0.25, 0.3) is 0 Å². The highest BCUT2D eigenvalue weighted by Gasteiger charge is 2.36. The molecular formula is C21H31N3O3. The first kappa shape index (κ1) is 19.7. The van der Waals surface area contributed by atoms with Crippen molar-refractivity contribution in [2.24, 2.45) is 0 Å². The fraction of sp³-hybridized carbons (Fsp3) is 0.619. The third kappa shape index (κ3) is 4.80. The smallest absolute Gasteiger partial charge is 0.223 e. The van der Waals surface area contributed by atoms with Crippen LogP contribution in [0.3, 0.4) is 0 Å². The van der Waals surface area contributed by atoms with Gasteiger partial charge >= 0.3 is 0 Å². The molecule has 148 valence electrons. The Morgan fingerprint density at radius 2 is 1.93 bits per heavy atom. The predicted molar refractivity (Wildman–Crippen MR) is 104 cm³/mol. The van der Waals surface area contributed by atoms with Gasteiger partial charge in [0.1, 0.15) is 0 Å². The van der Waals surface area contributed by atoms with E-state index in [2.05, 4.69) is 28.4 Å². The van der Waals surface area contributed by atoms with E-state index in [0.29, 0.717) is 12.5 Å². The van der Waals surface area contributed by atoms with E-state index in [-0.39, 0.29) is 5.54 Å². The van der Waals surface area contributed by atoms with E-state index in [4.69, 9.17) is 14.0 Å². The molecule has 1 fully saturated rings. The Hall–Kier alpha value is -2.08. The summed E-state index contributed by atoms with van der Waals surface area (Å²) in [5, 5.41) is 8.01. The quantitative estimate of drug-likeness (QED) is 0.686. The van der Waals surface area contributed by atoms with Gasteiger partial charge in [-0.15, -0.1) is 0 Å². The van der Waals surface area contributed by atoms with Gasteiger partial charge in [-0.1, -0.05) is 43.8 Å². The van der Waals surface area contributed by atoms with Crippen molar-refractivity contribution >= 4 is 0 Å². The molecule has 3 rings (SSSR count). The Balaban J connectivity index is 1.77. The van der Waals surface area contributed by atoms with Crippen molar-refractivity contribution in [2.75, 3.05) is 13.7 Å². The van der Waals surface area contributed by atoms with Crippen LogP contribution in [0.4, 0.5) is 0 Å². The molecule has 1 heterocycles. The van der Waals surface area contributed by atoms with E-state index in [1.807, 2.05) is 19.1 Å².